The number of rotatable bonds is 4. The summed E-state index contributed by atoms with van der Waals surface area (Å²) < 4.78 is 0.281. The van der Waals surface area contributed by atoms with Crippen LogP contribution in [0.25, 0.3) is 16.8 Å². The Morgan fingerprint density at radius 2 is 1.87 bits per heavy atom. The number of fused-ring (bicyclic) bond motifs is 1. The van der Waals surface area contributed by atoms with Crippen LogP contribution in [0.1, 0.15) is 11.1 Å². The van der Waals surface area contributed by atoms with Gasteiger partial charge in [-0.15, -0.1) is 0 Å². The number of non-ortho nitro benzene ring substituents is 1. The number of benzene rings is 3. The van der Waals surface area contributed by atoms with E-state index in [2.05, 4.69) is 0 Å². The summed E-state index contributed by atoms with van der Waals surface area (Å²) in [5.41, 5.74) is 0.743. The third-order valence-corrected chi connectivity index (χ3v) is 6.39. The minimum atomic E-state index is -0.578. The monoisotopic (exact) mass is 532 g/mol. The number of carbonyl (C=O) groups excluding carboxylic acids is 2. The molecule has 4 rings (SSSR count). The van der Waals surface area contributed by atoms with Crippen LogP contribution in [0.15, 0.2) is 59.5 Å². The number of imide groups is 1. The SMILES string of the molecule is O=C1S/C(=C/c2cc([N+](=O)[O-])cc(I)c2O)C(=O)N1Cc1cccc2ccccc12. The van der Waals surface area contributed by atoms with Crippen molar-refractivity contribution in [1.29, 1.82) is 0 Å². The highest BCUT2D eigenvalue weighted by Crippen LogP contribution is 2.37. The van der Waals surface area contributed by atoms with Crippen LogP contribution < -0.4 is 0 Å². The van der Waals surface area contributed by atoms with Crippen LogP contribution in [-0.4, -0.2) is 26.1 Å². The lowest BCUT2D eigenvalue weighted by Crippen LogP contribution is -2.27. The van der Waals surface area contributed by atoms with Gasteiger partial charge in [0.2, 0.25) is 0 Å². The molecule has 0 bridgehead atoms. The number of phenolic OH excluding ortho intramolecular Hbond substituents is 1. The van der Waals surface area contributed by atoms with Gasteiger partial charge in [-0.1, -0.05) is 42.5 Å². The lowest BCUT2D eigenvalue weighted by atomic mass is 10.0. The van der Waals surface area contributed by atoms with Crippen LogP contribution in [0.5, 0.6) is 5.75 Å². The van der Waals surface area contributed by atoms with Crippen molar-refractivity contribution < 1.29 is 19.6 Å². The number of aromatic hydroxyl groups is 1. The van der Waals surface area contributed by atoms with Gasteiger partial charge < -0.3 is 5.11 Å². The quantitative estimate of drug-likeness (QED) is 0.212. The summed E-state index contributed by atoms with van der Waals surface area (Å²) >= 11 is 2.52. The zero-order valence-corrected chi connectivity index (χ0v) is 18.2. The van der Waals surface area contributed by atoms with E-state index in [1.54, 1.807) is 22.6 Å². The molecule has 1 fully saturated rings. The first-order chi connectivity index (χ1) is 14.3. The predicted molar refractivity (Wildman–Crippen MR) is 123 cm³/mol. The number of phenols is 1. The van der Waals surface area contributed by atoms with Crippen LogP contribution in [-0.2, 0) is 11.3 Å². The van der Waals surface area contributed by atoms with E-state index in [1.807, 2.05) is 42.5 Å². The Bertz CT molecular complexity index is 1250. The van der Waals surface area contributed by atoms with Crippen molar-refractivity contribution in [3.63, 3.8) is 0 Å². The summed E-state index contributed by atoms with van der Waals surface area (Å²) in [4.78, 5) is 37.1. The second-order valence-corrected chi connectivity index (χ2v) is 8.68. The summed E-state index contributed by atoms with van der Waals surface area (Å²) in [7, 11) is 0. The Labute approximate surface area is 188 Å². The van der Waals surface area contributed by atoms with Gasteiger partial charge in [0.1, 0.15) is 5.75 Å². The number of hydrogen-bond donors (Lipinski definition) is 1. The Morgan fingerprint density at radius 3 is 2.63 bits per heavy atom. The van der Waals surface area contributed by atoms with E-state index >= 15 is 0 Å². The van der Waals surface area contributed by atoms with Crippen LogP contribution in [0.4, 0.5) is 10.5 Å². The second-order valence-electron chi connectivity index (χ2n) is 6.53. The predicted octanol–water partition coefficient (Wildman–Crippen LogP) is 5.29. The van der Waals surface area contributed by atoms with Gasteiger partial charge in [0, 0.05) is 17.7 Å². The molecule has 1 N–H and O–H groups in total. The van der Waals surface area contributed by atoms with Crippen molar-refractivity contribution in [2.24, 2.45) is 0 Å². The van der Waals surface area contributed by atoms with Crippen molar-refractivity contribution >= 4 is 68.0 Å². The highest BCUT2D eigenvalue weighted by atomic mass is 127. The van der Waals surface area contributed by atoms with Crippen LogP contribution in [0.2, 0.25) is 0 Å². The van der Waals surface area contributed by atoms with Gasteiger partial charge in [-0.25, -0.2) is 0 Å². The molecule has 3 aromatic carbocycles. The fourth-order valence-corrected chi connectivity index (χ4v) is 4.66. The van der Waals surface area contributed by atoms with Crippen molar-refractivity contribution in [2.75, 3.05) is 0 Å². The van der Waals surface area contributed by atoms with Crippen LogP contribution in [0.3, 0.4) is 0 Å². The van der Waals surface area contributed by atoms with E-state index < -0.39 is 16.1 Å². The molecular weight excluding hydrogens is 519 g/mol. The molecule has 1 aliphatic rings. The Balaban J connectivity index is 1.67. The molecule has 1 heterocycles. The molecule has 0 saturated carbocycles. The number of nitrogens with zero attached hydrogens (tertiary/aromatic N) is 2. The van der Waals surface area contributed by atoms with Crippen molar-refractivity contribution in [3.05, 3.63) is 84.3 Å². The lowest BCUT2D eigenvalue weighted by Gasteiger charge is -2.14. The van der Waals surface area contributed by atoms with Crippen LogP contribution >= 0.6 is 34.4 Å². The Hall–Kier alpha value is -2.92. The van der Waals surface area contributed by atoms with E-state index in [1.165, 1.54) is 18.2 Å². The van der Waals surface area contributed by atoms with Gasteiger partial charge in [0.05, 0.1) is 19.9 Å². The molecule has 2 amide bonds. The molecular formula is C21H13IN2O5S. The molecule has 0 unspecified atom stereocenters. The maximum absolute atomic E-state index is 12.9. The fourth-order valence-electron chi connectivity index (χ4n) is 3.20. The van der Waals surface area contributed by atoms with Gasteiger partial charge in [-0.2, -0.15) is 0 Å². The molecule has 1 saturated heterocycles. The average Bonchev–Trinajstić information content (AvgIpc) is 2.98. The number of amides is 2. The highest BCUT2D eigenvalue weighted by Gasteiger charge is 2.35. The van der Waals surface area contributed by atoms with Gasteiger partial charge in [0.15, 0.2) is 0 Å². The van der Waals surface area contributed by atoms with Crippen molar-refractivity contribution in [1.82, 2.24) is 4.90 Å². The van der Waals surface area contributed by atoms with E-state index in [0.717, 1.165) is 33.0 Å². The largest absolute Gasteiger partial charge is 0.506 e. The minimum Gasteiger partial charge on any atom is -0.506 e. The summed E-state index contributed by atoms with van der Waals surface area (Å²) in [5, 5.41) is 22.9. The highest BCUT2D eigenvalue weighted by molar-refractivity contribution is 14.1. The third-order valence-electron chi connectivity index (χ3n) is 4.66. The van der Waals surface area contributed by atoms with E-state index in [0.29, 0.717) is 0 Å². The van der Waals surface area contributed by atoms with Crippen LogP contribution in [0, 0.1) is 13.7 Å². The number of halogens is 1. The standard InChI is InChI=1S/C21H13IN2O5S/c22-17-10-15(24(28)29)8-14(19(17)25)9-18-20(26)23(21(27)30-18)11-13-6-3-5-12-4-1-2-7-16(12)13/h1-10,25H,11H2/b18-9+. The molecule has 0 atom stereocenters. The average molecular weight is 532 g/mol. The van der Waals surface area contributed by atoms with Gasteiger partial charge in [-0.3, -0.25) is 24.6 Å². The third kappa shape index (κ3) is 3.77. The Morgan fingerprint density at radius 1 is 1.13 bits per heavy atom. The first kappa shape index (κ1) is 20.4. The minimum absolute atomic E-state index is 0.104. The first-order valence-corrected chi connectivity index (χ1v) is 10.6. The molecule has 0 spiro atoms. The van der Waals surface area contributed by atoms with E-state index in [4.69, 9.17) is 0 Å². The van der Waals surface area contributed by atoms with Gasteiger partial charge >= 0.3 is 0 Å². The molecule has 0 aliphatic carbocycles. The molecule has 7 nitrogen and oxygen atoms in total. The molecule has 30 heavy (non-hydrogen) atoms. The summed E-state index contributed by atoms with van der Waals surface area (Å²) in [6.07, 6.45) is 1.32. The summed E-state index contributed by atoms with van der Waals surface area (Å²) in [6.45, 7) is 0.113. The topological polar surface area (TPSA) is 101 Å². The zero-order valence-electron chi connectivity index (χ0n) is 15.2. The summed E-state index contributed by atoms with van der Waals surface area (Å²) in [6, 6.07) is 15.8. The van der Waals surface area contributed by atoms with E-state index in [9.17, 15) is 24.8 Å². The molecule has 150 valence electrons. The van der Waals surface area contributed by atoms with Crippen molar-refractivity contribution in [2.45, 2.75) is 6.54 Å². The smallest absolute Gasteiger partial charge is 0.293 e. The zero-order chi connectivity index (χ0) is 21.4. The number of carbonyl (C=O) groups is 2. The van der Waals surface area contributed by atoms with Gasteiger partial charge in [-0.05, 0) is 56.8 Å². The molecule has 1 aliphatic heterocycles. The molecule has 9 heteroatoms. The molecule has 3 aromatic rings. The Kier molecular flexibility index (Phi) is 5.48. The second kappa shape index (κ2) is 8.07. The number of hydrogen-bond acceptors (Lipinski definition) is 6. The lowest BCUT2D eigenvalue weighted by molar-refractivity contribution is -0.385. The van der Waals surface area contributed by atoms with Crippen molar-refractivity contribution in [3.8, 4) is 5.75 Å². The number of nitro benzene ring substituents is 1. The maximum Gasteiger partial charge on any atom is 0.293 e. The number of nitro groups is 1. The first-order valence-electron chi connectivity index (χ1n) is 8.74. The summed E-state index contributed by atoms with van der Waals surface area (Å²) in [5.74, 6) is -0.680. The number of thioether (sulfide) groups is 1. The molecule has 0 aromatic heterocycles. The molecule has 0 radical (unpaired) electrons. The maximum atomic E-state index is 12.9. The van der Waals surface area contributed by atoms with Gasteiger partial charge in [0.25, 0.3) is 16.8 Å². The fraction of sp³-hybridized carbons (Fsp3) is 0.0476. The van der Waals surface area contributed by atoms with E-state index in [-0.39, 0.29) is 32.0 Å². The normalized spacial score (nSPS) is 15.4.